The Kier molecular flexibility index (Phi) is 6.81. The molecule has 0 saturated heterocycles. The van der Waals surface area contributed by atoms with E-state index in [1.165, 1.54) is 0 Å². The van der Waals surface area contributed by atoms with E-state index in [1.54, 1.807) is 30.3 Å². The average molecular weight is 329 g/mol. The number of carbonyl (C=O) groups is 3. The van der Waals surface area contributed by atoms with Crippen LogP contribution in [-0.4, -0.2) is 42.1 Å². The topological polar surface area (TPSA) is 119 Å². The van der Waals surface area contributed by atoms with Gasteiger partial charge < -0.3 is 20.9 Å². The van der Waals surface area contributed by atoms with Crippen molar-refractivity contribution in [2.45, 2.75) is 23.9 Å². The molecule has 3 atom stereocenters. The largest absolute Gasteiger partial charge is 0.481 e. The second-order valence-corrected chi connectivity index (χ2v) is 5.00. The molecule has 8 heteroatoms. The van der Waals surface area contributed by atoms with Crippen molar-refractivity contribution >= 4 is 29.4 Å². The molecule has 0 aromatic heterocycles. The number of aliphatic carboxylic acids is 1. The van der Waals surface area contributed by atoms with E-state index in [1.807, 2.05) is 0 Å². The molecule has 0 bridgehead atoms. The van der Waals surface area contributed by atoms with E-state index < -0.39 is 41.7 Å². The summed E-state index contributed by atoms with van der Waals surface area (Å²) in [6.07, 6.45) is -0.558. The molecule has 1 amide bonds. The van der Waals surface area contributed by atoms with Crippen LogP contribution in [-0.2, 0) is 19.1 Å². The summed E-state index contributed by atoms with van der Waals surface area (Å²) in [6, 6.07) is 6.16. The molecule has 4 N–H and O–H groups in total. The van der Waals surface area contributed by atoms with Crippen molar-refractivity contribution < 1.29 is 24.2 Å². The Bertz CT molecular complexity index is 537. The van der Waals surface area contributed by atoms with Crippen molar-refractivity contribution in [3.63, 3.8) is 0 Å². The van der Waals surface area contributed by atoms with E-state index in [0.29, 0.717) is 5.56 Å². The molecule has 1 rings (SSSR count). The molecule has 1 aromatic rings. The number of carboxylic acids is 1. The molecule has 0 saturated carbocycles. The van der Waals surface area contributed by atoms with Crippen molar-refractivity contribution in [2.75, 3.05) is 7.11 Å². The number of alkyl halides is 1. The second-order valence-electron chi connectivity index (χ2n) is 4.53. The lowest BCUT2D eigenvalue weighted by molar-refractivity contribution is -0.145. The molecule has 0 aliphatic rings. The lowest BCUT2D eigenvalue weighted by atomic mass is 10.0. The van der Waals surface area contributed by atoms with Crippen molar-refractivity contribution in [3.8, 4) is 0 Å². The van der Waals surface area contributed by atoms with Crippen LogP contribution >= 0.6 is 11.6 Å². The lowest BCUT2D eigenvalue weighted by Gasteiger charge is -2.23. The van der Waals surface area contributed by atoms with Gasteiger partial charge in [-0.15, -0.1) is 11.6 Å². The highest BCUT2D eigenvalue weighted by Gasteiger charge is 2.32. The molecule has 0 aliphatic carbocycles. The van der Waals surface area contributed by atoms with Crippen LogP contribution in [0.25, 0.3) is 0 Å². The SMILES string of the molecule is COC(=O)C(NC(=O)[C@@H](N)CC(=O)O)C(Cl)c1ccccc1. The van der Waals surface area contributed by atoms with Crippen LogP contribution in [0.3, 0.4) is 0 Å². The number of methoxy groups -OCH3 is 1. The predicted molar refractivity (Wildman–Crippen MR) is 79.2 cm³/mol. The molecular formula is C14H17ClN2O5. The summed E-state index contributed by atoms with van der Waals surface area (Å²) in [4.78, 5) is 34.3. The molecule has 0 fully saturated rings. The smallest absolute Gasteiger partial charge is 0.330 e. The molecule has 1 aromatic carbocycles. The standard InChI is InChI=1S/C14H17ClN2O5/c1-22-14(21)12(11(15)8-5-3-2-4-6-8)17-13(20)9(16)7-10(18)19/h2-6,9,11-12H,7,16H2,1H3,(H,17,20)(H,18,19)/t9-,11?,12?/m0/s1. The summed E-state index contributed by atoms with van der Waals surface area (Å²) in [5.41, 5.74) is 6.06. The first-order valence-corrected chi connectivity index (χ1v) is 6.85. The summed E-state index contributed by atoms with van der Waals surface area (Å²) < 4.78 is 4.62. The molecule has 0 aliphatic heterocycles. The highest BCUT2D eigenvalue weighted by atomic mass is 35.5. The minimum Gasteiger partial charge on any atom is -0.481 e. The Balaban J connectivity index is 2.88. The van der Waals surface area contributed by atoms with E-state index in [2.05, 4.69) is 10.1 Å². The van der Waals surface area contributed by atoms with Crippen LogP contribution in [0, 0.1) is 0 Å². The van der Waals surface area contributed by atoms with Crippen LogP contribution in [0.2, 0.25) is 0 Å². The Hall–Kier alpha value is -2.12. The molecule has 22 heavy (non-hydrogen) atoms. The summed E-state index contributed by atoms with van der Waals surface area (Å²) in [7, 11) is 1.16. The summed E-state index contributed by atoms with van der Waals surface area (Å²) in [5, 5.41) is 10.1. The molecule has 0 heterocycles. The molecule has 7 nitrogen and oxygen atoms in total. The van der Waals surface area contributed by atoms with Gasteiger partial charge in [0.2, 0.25) is 5.91 Å². The van der Waals surface area contributed by atoms with Crippen LogP contribution in [0.15, 0.2) is 30.3 Å². The Morgan fingerprint density at radius 1 is 1.32 bits per heavy atom. The minimum absolute atomic E-state index is 0.558. The zero-order valence-corrected chi connectivity index (χ0v) is 12.6. The summed E-state index contributed by atoms with van der Waals surface area (Å²) in [6.45, 7) is 0. The van der Waals surface area contributed by atoms with E-state index in [9.17, 15) is 14.4 Å². The number of benzene rings is 1. The fraction of sp³-hybridized carbons (Fsp3) is 0.357. The first kappa shape index (κ1) is 17.9. The first-order chi connectivity index (χ1) is 10.4. The molecule has 0 radical (unpaired) electrons. The van der Waals surface area contributed by atoms with Crippen LogP contribution in [0.1, 0.15) is 17.4 Å². The van der Waals surface area contributed by atoms with Gasteiger partial charge in [0.05, 0.1) is 24.9 Å². The third kappa shape index (κ3) is 5.01. The Labute approximate surface area is 132 Å². The summed E-state index contributed by atoms with van der Waals surface area (Å²) >= 11 is 6.23. The number of hydrogen-bond acceptors (Lipinski definition) is 5. The second kappa shape index (κ2) is 8.35. The number of carbonyl (C=O) groups excluding carboxylic acids is 2. The number of amides is 1. The van der Waals surface area contributed by atoms with Gasteiger partial charge in [-0.25, -0.2) is 4.79 Å². The molecule has 0 spiro atoms. The van der Waals surface area contributed by atoms with E-state index in [4.69, 9.17) is 22.4 Å². The van der Waals surface area contributed by atoms with Crippen LogP contribution in [0.5, 0.6) is 0 Å². The predicted octanol–water partition coefficient (Wildman–Crippen LogP) is 0.426. The molecule has 2 unspecified atom stereocenters. The zero-order chi connectivity index (χ0) is 16.7. The fourth-order valence-corrected chi connectivity index (χ4v) is 2.06. The van der Waals surface area contributed by atoms with Crippen molar-refractivity contribution in [3.05, 3.63) is 35.9 Å². The van der Waals surface area contributed by atoms with Crippen LogP contribution in [0.4, 0.5) is 0 Å². The number of rotatable bonds is 7. The lowest BCUT2D eigenvalue weighted by Crippen LogP contribution is -2.50. The maximum atomic E-state index is 11.9. The third-order valence-corrected chi connectivity index (χ3v) is 3.40. The van der Waals surface area contributed by atoms with Gasteiger partial charge in [0, 0.05) is 0 Å². The zero-order valence-electron chi connectivity index (χ0n) is 11.9. The maximum Gasteiger partial charge on any atom is 0.330 e. The van der Waals surface area contributed by atoms with E-state index in [0.717, 1.165) is 7.11 Å². The maximum absolute atomic E-state index is 11.9. The van der Waals surface area contributed by atoms with Crippen molar-refractivity contribution in [1.82, 2.24) is 5.32 Å². The van der Waals surface area contributed by atoms with Gasteiger partial charge >= 0.3 is 11.9 Å². The van der Waals surface area contributed by atoms with Gasteiger partial charge in [-0.05, 0) is 5.56 Å². The highest BCUT2D eigenvalue weighted by Crippen LogP contribution is 2.25. The van der Waals surface area contributed by atoms with Crippen molar-refractivity contribution in [1.29, 1.82) is 0 Å². The van der Waals surface area contributed by atoms with E-state index in [-0.39, 0.29) is 0 Å². The number of nitrogens with one attached hydrogen (secondary N) is 1. The van der Waals surface area contributed by atoms with Gasteiger partial charge in [-0.2, -0.15) is 0 Å². The number of nitrogens with two attached hydrogens (primary N) is 1. The normalized spacial score (nSPS) is 14.5. The molecule has 120 valence electrons. The summed E-state index contributed by atoms with van der Waals surface area (Å²) in [5.74, 6) is -2.76. The Morgan fingerprint density at radius 3 is 2.41 bits per heavy atom. The fourth-order valence-electron chi connectivity index (χ4n) is 1.75. The van der Waals surface area contributed by atoms with Crippen molar-refractivity contribution in [2.24, 2.45) is 5.73 Å². The number of hydrogen-bond donors (Lipinski definition) is 3. The molecular weight excluding hydrogens is 312 g/mol. The number of esters is 1. The Morgan fingerprint density at radius 2 is 1.91 bits per heavy atom. The van der Waals surface area contributed by atoms with Gasteiger partial charge in [0.15, 0.2) is 0 Å². The van der Waals surface area contributed by atoms with Gasteiger partial charge in [-0.3, -0.25) is 9.59 Å². The number of halogens is 1. The third-order valence-electron chi connectivity index (χ3n) is 2.89. The first-order valence-electron chi connectivity index (χ1n) is 6.41. The van der Waals surface area contributed by atoms with Crippen LogP contribution < -0.4 is 11.1 Å². The number of ether oxygens (including phenoxy) is 1. The highest BCUT2D eigenvalue weighted by molar-refractivity contribution is 6.23. The number of carboxylic acid groups (broad SMARTS) is 1. The minimum atomic E-state index is -1.29. The van der Waals surface area contributed by atoms with E-state index >= 15 is 0 Å². The average Bonchev–Trinajstić information content (AvgIpc) is 2.51. The van der Waals surface area contributed by atoms with Gasteiger partial charge in [0.1, 0.15) is 6.04 Å². The van der Waals surface area contributed by atoms with Gasteiger partial charge in [0.25, 0.3) is 0 Å². The quantitative estimate of drug-likeness (QED) is 0.493. The monoisotopic (exact) mass is 328 g/mol. The van der Waals surface area contributed by atoms with Gasteiger partial charge in [-0.1, -0.05) is 30.3 Å².